The standard InChI is InChI=1S/C26H26N2O4/c1-18(21-11-8-12-22(15-21)27-19(2)29)28(16-20-9-4-3-5-10-20)26(30)25-17-31-23-13-6-7-14-24(23)32-25/h3-15,18,25H,16-17H2,1-2H3,(H,27,29). The number of amides is 2. The summed E-state index contributed by atoms with van der Waals surface area (Å²) in [5, 5.41) is 2.81. The van der Waals surface area contributed by atoms with Gasteiger partial charge in [0.2, 0.25) is 12.0 Å². The zero-order valence-electron chi connectivity index (χ0n) is 18.2. The Morgan fingerprint density at radius 3 is 2.47 bits per heavy atom. The quantitative estimate of drug-likeness (QED) is 0.622. The fraction of sp³-hybridized carbons (Fsp3) is 0.231. The summed E-state index contributed by atoms with van der Waals surface area (Å²) in [7, 11) is 0. The molecule has 0 aromatic heterocycles. The third kappa shape index (κ3) is 4.91. The summed E-state index contributed by atoms with van der Waals surface area (Å²) >= 11 is 0. The van der Waals surface area contributed by atoms with E-state index in [0.717, 1.165) is 11.1 Å². The largest absolute Gasteiger partial charge is 0.485 e. The number of hydrogen-bond donors (Lipinski definition) is 1. The molecule has 0 spiro atoms. The summed E-state index contributed by atoms with van der Waals surface area (Å²) in [6.07, 6.45) is -0.741. The second-order valence-electron chi connectivity index (χ2n) is 7.80. The fourth-order valence-corrected chi connectivity index (χ4v) is 3.77. The van der Waals surface area contributed by atoms with Gasteiger partial charge in [0.15, 0.2) is 11.5 Å². The number of anilines is 1. The SMILES string of the molecule is CC(=O)Nc1cccc(C(C)N(Cc2ccccc2)C(=O)C2COc3ccccc3O2)c1. The first kappa shape index (κ1) is 21.4. The normalized spacial score (nSPS) is 15.5. The van der Waals surface area contributed by atoms with Crippen molar-refractivity contribution in [2.24, 2.45) is 0 Å². The molecule has 0 bridgehead atoms. The van der Waals surface area contributed by atoms with Crippen molar-refractivity contribution in [1.29, 1.82) is 0 Å². The van der Waals surface area contributed by atoms with Gasteiger partial charge in [-0.05, 0) is 42.3 Å². The van der Waals surface area contributed by atoms with Crippen LogP contribution in [0, 0.1) is 0 Å². The first-order valence-electron chi connectivity index (χ1n) is 10.6. The summed E-state index contributed by atoms with van der Waals surface area (Å²) in [6, 6.07) is 24.5. The smallest absolute Gasteiger partial charge is 0.268 e. The van der Waals surface area contributed by atoms with Crippen molar-refractivity contribution >= 4 is 17.5 Å². The highest BCUT2D eigenvalue weighted by Gasteiger charge is 2.33. The van der Waals surface area contributed by atoms with Crippen molar-refractivity contribution in [3.05, 3.63) is 90.0 Å². The summed E-state index contributed by atoms with van der Waals surface area (Å²) in [4.78, 5) is 26.9. The van der Waals surface area contributed by atoms with Crippen LogP contribution in [0.15, 0.2) is 78.9 Å². The summed E-state index contributed by atoms with van der Waals surface area (Å²) in [5.74, 6) is 0.915. The molecule has 0 aliphatic carbocycles. The molecule has 32 heavy (non-hydrogen) atoms. The third-order valence-electron chi connectivity index (χ3n) is 5.42. The van der Waals surface area contributed by atoms with Crippen LogP contribution in [0.1, 0.15) is 31.0 Å². The third-order valence-corrected chi connectivity index (χ3v) is 5.42. The molecular formula is C26H26N2O4. The monoisotopic (exact) mass is 430 g/mol. The molecule has 6 heteroatoms. The first-order valence-corrected chi connectivity index (χ1v) is 10.6. The lowest BCUT2D eigenvalue weighted by Crippen LogP contribution is -2.47. The number of ether oxygens (including phenoxy) is 2. The van der Waals surface area contributed by atoms with Crippen molar-refractivity contribution in [3.8, 4) is 11.5 Å². The van der Waals surface area contributed by atoms with Crippen LogP contribution in [0.2, 0.25) is 0 Å². The van der Waals surface area contributed by atoms with Crippen molar-refractivity contribution in [3.63, 3.8) is 0 Å². The van der Waals surface area contributed by atoms with Crippen LogP contribution in [0.4, 0.5) is 5.69 Å². The molecule has 6 nitrogen and oxygen atoms in total. The molecule has 1 aliphatic rings. The number of rotatable bonds is 6. The predicted molar refractivity (Wildman–Crippen MR) is 123 cm³/mol. The second kappa shape index (κ2) is 9.56. The average Bonchev–Trinajstić information content (AvgIpc) is 2.82. The molecule has 3 aromatic carbocycles. The second-order valence-corrected chi connectivity index (χ2v) is 7.80. The lowest BCUT2D eigenvalue weighted by molar-refractivity contribution is -0.144. The van der Waals surface area contributed by atoms with E-state index in [1.54, 1.807) is 11.0 Å². The van der Waals surface area contributed by atoms with E-state index in [-0.39, 0.29) is 24.5 Å². The van der Waals surface area contributed by atoms with E-state index in [2.05, 4.69) is 5.32 Å². The zero-order valence-corrected chi connectivity index (χ0v) is 18.2. The molecule has 2 atom stereocenters. The van der Waals surface area contributed by atoms with E-state index in [0.29, 0.717) is 23.7 Å². The molecule has 164 valence electrons. The molecule has 0 fully saturated rings. The number of para-hydroxylation sites is 2. The van der Waals surface area contributed by atoms with Crippen LogP contribution >= 0.6 is 0 Å². The Balaban J connectivity index is 1.61. The molecule has 0 radical (unpaired) electrons. The van der Waals surface area contributed by atoms with Gasteiger partial charge in [0.25, 0.3) is 5.91 Å². The molecule has 0 saturated carbocycles. The Bertz CT molecular complexity index is 1100. The van der Waals surface area contributed by atoms with E-state index in [1.807, 2.05) is 79.7 Å². The topological polar surface area (TPSA) is 67.9 Å². The van der Waals surface area contributed by atoms with Gasteiger partial charge in [0.1, 0.15) is 6.61 Å². The van der Waals surface area contributed by atoms with Gasteiger partial charge in [0, 0.05) is 19.2 Å². The predicted octanol–water partition coefficient (Wildman–Crippen LogP) is 4.57. The van der Waals surface area contributed by atoms with Crippen LogP contribution in [0.5, 0.6) is 11.5 Å². The number of hydrogen-bond acceptors (Lipinski definition) is 4. The minimum Gasteiger partial charge on any atom is -0.485 e. The molecule has 1 heterocycles. The van der Waals surface area contributed by atoms with Crippen LogP contribution in [0.25, 0.3) is 0 Å². The van der Waals surface area contributed by atoms with Crippen LogP contribution in [-0.4, -0.2) is 29.4 Å². The minimum absolute atomic E-state index is 0.140. The van der Waals surface area contributed by atoms with Crippen molar-refractivity contribution in [1.82, 2.24) is 4.90 Å². The Morgan fingerprint density at radius 2 is 1.72 bits per heavy atom. The van der Waals surface area contributed by atoms with Gasteiger partial charge in [-0.1, -0.05) is 54.6 Å². The van der Waals surface area contributed by atoms with Gasteiger partial charge in [-0.15, -0.1) is 0 Å². The van der Waals surface area contributed by atoms with Crippen molar-refractivity contribution in [2.75, 3.05) is 11.9 Å². The van der Waals surface area contributed by atoms with E-state index in [9.17, 15) is 9.59 Å². The number of carbonyl (C=O) groups excluding carboxylic acids is 2. The molecular weight excluding hydrogens is 404 g/mol. The van der Waals surface area contributed by atoms with E-state index in [1.165, 1.54) is 6.92 Å². The minimum atomic E-state index is -0.741. The lowest BCUT2D eigenvalue weighted by atomic mass is 10.0. The fourth-order valence-electron chi connectivity index (χ4n) is 3.77. The average molecular weight is 431 g/mol. The van der Waals surface area contributed by atoms with E-state index >= 15 is 0 Å². The number of carbonyl (C=O) groups is 2. The maximum absolute atomic E-state index is 13.6. The van der Waals surface area contributed by atoms with Crippen molar-refractivity contribution in [2.45, 2.75) is 32.5 Å². The van der Waals surface area contributed by atoms with Gasteiger partial charge in [-0.3, -0.25) is 9.59 Å². The number of fused-ring (bicyclic) bond motifs is 1. The van der Waals surface area contributed by atoms with E-state index < -0.39 is 6.10 Å². The number of benzene rings is 3. The molecule has 0 saturated heterocycles. The van der Waals surface area contributed by atoms with Crippen LogP contribution in [-0.2, 0) is 16.1 Å². The van der Waals surface area contributed by atoms with Gasteiger partial charge < -0.3 is 19.7 Å². The Morgan fingerprint density at radius 1 is 1.00 bits per heavy atom. The van der Waals surface area contributed by atoms with Gasteiger partial charge in [-0.2, -0.15) is 0 Å². The highest BCUT2D eigenvalue weighted by molar-refractivity contribution is 5.88. The van der Waals surface area contributed by atoms with Gasteiger partial charge in [-0.25, -0.2) is 0 Å². The zero-order chi connectivity index (χ0) is 22.5. The number of nitrogens with one attached hydrogen (secondary N) is 1. The summed E-state index contributed by atoms with van der Waals surface area (Å²) in [6.45, 7) is 4.03. The van der Waals surface area contributed by atoms with Crippen LogP contribution in [0.3, 0.4) is 0 Å². The number of nitrogens with zero attached hydrogens (tertiary/aromatic N) is 1. The molecule has 1 aliphatic heterocycles. The molecule has 2 unspecified atom stereocenters. The maximum Gasteiger partial charge on any atom is 0.268 e. The maximum atomic E-state index is 13.6. The van der Waals surface area contributed by atoms with Crippen molar-refractivity contribution < 1.29 is 19.1 Å². The van der Waals surface area contributed by atoms with Gasteiger partial charge >= 0.3 is 0 Å². The molecule has 3 aromatic rings. The summed E-state index contributed by atoms with van der Waals surface area (Å²) in [5.41, 5.74) is 2.63. The Kier molecular flexibility index (Phi) is 6.40. The van der Waals surface area contributed by atoms with Gasteiger partial charge in [0.05, 0.1) is 6.04 Å². The lowest BCUT2D eigenvalue weighted by Gasteiger charge is -2.34. The highest BCUT2D eigenvalue weighted by atomic mass is 16.6. The molecule has 1 N–H and O–H groups in total. The highest BCUT2D eigenvalue weighted by Crippen LogP contribution is 2.33. The first-order chi connectivity index (χ1) is 15.5. The molecule has 2 amide bonds. The summed E-state index contributed by atoms with van der Waals surface area (Å²) < 4.78 is 11.8. The van der Waals surface area contributed by atoms with E-state index in [4.69, 9.17) is 9.47 Å². The Hall–Kier alpha value is -3.80. The van der Waals surface area contributed by atoms with Crippen LogP contribution < -0.4 is 14.8 Å². The Labute approximate surface area is 187 Å². The molecule has 4 rings (SSSR count).